The van der Waals surface area contributed by atoms with Crippen molar-refractivity contribution < 1.29 is 0 Å². The Balaban J connectivity index is 1.17. The topological polar surface area (TPSA) is 6.48 Å². The second-order valence-electron chi connectivity index (χ2n) is 22.9. The van der Waals surface area contributed by atoms with Crippen molar-refractivity contribution in [2.75, 3.05) is 9.80 Å². The van der Waals surface area contributed by atoms with Gasteiger partial charge in [-0.3, -0.25) is 0 Å². The van der Waals surface area contributed by atoms with Gasteiger partial charge in [0.05, 0.1) is 10.4 Å². The highest BCUT2D eigenvalue weighted by atomic mass is 32.1. The van der Waals surface area contributed by atoms with Gasteiger partial charge in [-0.2, -0.15) is 0 Å². The second-order valence-corrected chi connectivity index (χ2v) is 25.0. The molecular formula is C63H57BN2S2. The first kappa shape index (κ1) is 42.0. The number of hydrogen-bond acceptors (Lipinski definition) is 4. The first-order chi connectivity index (χ1) is 32.6. The maximum atomic E-state index is 2.68. The average molecular weight is 917 g/mol. The molecule has 0 saturated heterocycles. The summed E-state index contributed by atoms with van der Waals surface area (Å²) in [6, 6.07) is 57.4. The van der Waals surface area contributed by atoms with Crippen LogP contribution in [0.15, 0.2) is 146 Å². The summed E-state index contributed by atoms with van der Waals surface area (Å²) in [7, 11) is 0. The smallest absolute Gasteiger partial charge is 0.252 e. The Bertz CT molecular complexity index is 3720. The molecule has 0 amide bonds. The minimum atomic E-state index is -0.0280. The summed E-state index contributed by atoms with van der Waals surface area (Å²) in [5.74, 6) is 0. The van der Waals surface area contributed by atoms with Crippen LogP contribution in [0, 0.1) is 0 Å². The van der Waals surface area contributed by atoms with E-state index in [2.05, 4.69) is 218 Å². The Hall–Kier alpha value is -6.14. The van der Waals surface area contributed by atoms with Gasteiger partial charge in [-0.05, 0) is 158 Å². The number of hydrogen-bond donors (Lipinski definition) is 0. The lowest BCUT2D eigenvalue weighted by molar-refractivity contribution is 0.590. The highest BCUT2D eigenvalue weighted by Crippen LogP contribution is 2.52. The highest BCUT2D eigenvalue weighted by Gasteiger charge is 2.45. The molecule has 0 spiro atoms. The lowest BCUT2D eigenvalue weighted by Crippen LogP contribution is -2.61. The summed E-state index contributed by atoms with van der Waals surface area (Å²) in [5, 5.41) is 5.52. The number of aryl methyl sites for hydroxylation is 2. The second kappa shape index (κ2) is 14.7. The van der Waals surface area contributed by atoms with E-state index in [1.165, 1.54) is 137 Å². The van der Waals surface area contributed by atoms with Crippen molar-refractivity contribution in [3.8, 4) is 11.1 Å². The zero-order valence-corrected chi connectivity index (χ0v) is 42.4. The monoisotopic (exact) mass is 916 g/mol. The van der Waals surface area contributed by atoms with Crippen LogP contribution in [0.1, 0.15) is 96.6 Å². The van der Waals surface area contributed by atoms with Gasteiger partial charge in [0, 0.05) is 64.1 Å². The molecule has 5 heteroatoms. The lowest BCUT2D eigenvalue weighted by atomic mass is 9.33. The van der Waals surface area contributed by atoms with E-state index in [1.807, 2.05) is 22.7 Å². The molecule has 4 heterocycles. The minimum absolute atomic E-state index is 0.0140. The van der Waals surface area contributed by atoms with Crippen LogP contribution < -0.4 is 26.2 Å². The Morgan fingerprint density at radius 1 is 0.456 bits per heavy atom. The molecule has 8 aromatic carbocycles. The summed E-state index contributed by atoms with van der Waals surface area (Å²) in [6.45, 7) is 21.0. The Labute approximate surface area is 410 Å². The van der Waals surface area contributed by atoms with E-state index in [-0.39, 0.29) is 23.0 Å². The molecule has 2 nitrogen and oxygen atoms in total. The summed E-state index contributed by atoms with van der Waals surface area (Å²) in [6.07, 6.45) is 3.57. The van der Waals surface area contributed by atoms with Crippen LogP contribution in [0.2, 0.25) is 0 Å². The Kier molecular flexibility index (Phi) is 9.07. The Morgan fingerprint density at radius 2 is 1.09 bits per heavy atom. The van der Waals surface area contributed by atoms with Crippen LogP contribution in [0.5, 0.6) is 0 Å². The third kappa shape index (κ3) is 6.34. The predicted molar refractivity (Wildman–Crippen MR) is 300 cm³/mol. The summed E-state index contributed by atoms with van der Waals surface area (Å²) < 4.78 is 5.44. The van der Waals surface area contributed by atoms with Crippen molar-refractivity contribution in [2.24, 2.45) is 0 Å². The molecule has 0 saturated carbocycles. The highest BCUT2D eigenvalue weighted by molar-refractivity contribution is 7.27. The normalized spacial score (nSPS) is 14.6. The first-order valence-corrected chi connectivity index (χ1v) is 26.3. The van der Waals surface area contributed by atoms with Crippen molar-refractivity contribution in [3.63, 3.8) is 0 Å². The van der Waals surface area contributed by atoms with Crippen LogP contribution in [0.3, 0.4) is 0 Å². The predicted octanol–water partition coefficient (Wildman–Crippen LogP) is 16.6. The van der Waals surface area contributed by atoms with Gasteiger partial charge in [0.2, 0.25) is 0 Å². The minimum Gasteiger partial charge on any atom is -0.311 e. The number of fused-ring (bicyclic) bond motifs is 13. The van der Waals surface area contributed by atoms with E-state index in [9.17, 15) is 0 Å². The molecule has 3 aliphatic rings. The van der Waals surface area contributed by atoms with Gasteiger partial charge in [-0.15, -0.1) is 22.7 Å². The fraction of sp³-hybridized carbons (Fsp3) is 0.238. The third-order valence-corrected chi connectivity index (χ3v) is 17.8. The zero-order valence-electron chi connectivity index (χ0n) is 40.8. The summed E-state index contributed by atoms with van der Waals surface area (Å²) >= 11 is 3.89. The molecule has 2 aliphatic heterocycles. The molecule has 0 N–H and O–H groups in total. The summed E-state index contributed by atoms with van der Waals surface area (Å²) in [4.78, 5) is 5.27. The number of thiophene rings is 2. The molecule has 334 valence electrons. The molecule has 2 aromatic heterocycles. The van der Waals surface area contributed by atoms with E-state index in [0.29, 0.717) is 0 Å². The molecule has 10 aromatic rings. The van der Waals surface area contributed by atoms with Crippen LogP contribution in [0.25, 0.3) is 51.5 Å². The number of anilines is 6. The Morgan fingerprint density at radius 3 is 1.79 bits per heavy atom. The molecule has 0 fully saturated rings. The van der Waals surface area contributed by atoms with Crippen molar-refractivity contribution in [1.29, 1.82) is 0 Å². The SMILES string of the molecule is CC(C)(C)c1ccc(N2c3ccc(C(C)(C)C)cc3B3c4ccc5c(sc6ccc7c(c65)CCC7)c4N(c4ccc(C(C)(C)C)cc4)c4cc(-c5ccc6sc7ccccc7c6c5)cc2c43)cc1. The zero-order chi connectivity index (χ0) is 46.6. The lowest BCUT2D eigenvalue weighted by Gasteiger charge is -2.45. The standard InChI is InChI=1S/C63H57BN2S2/c1-61(2,3)40-19-24-43(25-20-40)65-51-30-23-42(63(7,8)9)36-50(51)64-49-29-28-47-57-45-15-12-13-37(45)17-32-56(57)68-60(47)59(49)66(44-26-21-41(22-27-44)62(4,5)6)53-35-39(34-52(65)58(53)64)38-18-31-55-48(33-38)46-14-10-11-16-54(46)67-55/h10-11,14,16-36H,12-13,15H2,1-9H3. The van der Waals surface area contributed by atoms with Crippen molar-refractivity contribution in [3.05, 3.63) is 173 Å². The van der Waals surface area contributed by atoms with Gasteiger partial charge in [-0.25, -0.2) is 0 Å². The van der Waals surface area contributed by atoms with Gasteiger partial charge in [-0.1, -0.05) is 141 Å². The van der Waals surface area contributed by atoms with Gasteiger partial charge in [0.25, 0.3) is 6.71 Å². The van der Waals surface area contributed by atoms with E-state index in [1.54, 1.807) is 5.56 Å². The van der Waals surface area contributed by atoms with E-state index < -0.39 is 0 Å². The first-order valence-electron chi connectivity index (χ1n) is 24.7. The molecule has 0 radical (unpaired) electrons. The van der Waals surface area contributed by atoms with Gasteiger partial charge < -0.3 is 9.80 Å². The van der Waals surface area contributed by atoms with Crippen LogP contribution >= 0.6 is 22.7 Å². The number of nitrogens with zero attached hydrogens (tertiary/aromatic N) is 2. The van der Waals surface area contributed by atoms with Crippen LogP contribution in [-0.4, -0.2) is 6.71 Å². The van der Waals surface area contributed by atoms with Crippen molar-refractivity contribution in [2.45, 2.75) is 97.8 Å². The molecule has 68 heavy (non-hydrogen) atoms. The van der Waals surface area contributed by atoms with Crippen molar-refractivity contribution >= 4 is 120 Å². The number of benzene rings is 8. The maximum absolute atomic E-state index is 2.68. The molecule has 0 atom stereocenters. The molecule has 0 bridgehead atoms. The van der Waals surface area contributed by atoms with E-state index in [0.717, 1.165) is 6.42 Å². The molecular weight excluding hydrogens is 860 g/mol. The average Bonchev–Trinajstić information content (AvgIpc) is 4.06. The van der Waals surface area contributed by atoms with Crippen molar-refractivity contribution in [1.82, 2.24) is 0 Å². The largest absolute Gasteiger partial charge is 0.311 e. The fourth-order valence-corrected chi connectivity index (χ4v) is 14.2. The van der Waals surface area contributed by atoms with Crippen LogP contribution in [0.4, 0.5) is 34.1 Å². The van der Waals surface area contributed by atoms with E-state index in [4.69, 9.17) is 0 Å². The summed E-state index contributed by atoms with van der Waals surface area (Å²) in [5.41, 5.74) is 21.2. The molecule has 1 aliphatic carbocycles. The quantitative estimate of drug-likeness (QED) is 0.163. The van der Waals surface area contributed by atoms with E-state index >= 15 is 0 Å². The van der Waals surface area contributed by atoms with Crippen LogP contribution in [-0.2, 0) is 29.1 Å². The molecule has 0 unspecified atom stereocenters. The van der Waals surface area contributed by atoms with Gasteiger partial charge in [0.1, 0.15) is 0 Å². The van der Waals surface area contributed by atoms with Gasteiger partial charge in [0.15, 0.2) is 0 Å². The van der Waals surface area contributed by atoms with Gasteiger partial charge >= 0.3 is 0 Å². The third-order valence-electron chi connectivity index (χ3n) is 15.5. The fourth-order valence-electron chi connectivity index (χ4n) is 11.8. The molecule has 13 rings (SSSR count). The maximum Gasteiger partial charge on any atom is 0.252 e. The number of rotatable bonds is 3.